The van der Waals surface area contributed by atoms with Gasteiger partial charge >= 0.3 is 0 Å². The van der Waals surface area contributed by atoms with Crippen molar-refractivity contribution >= 4 is 17.1 Å². The van der Waals surface area contributed by atoms with E-state index < -0.39 is 0 Å². The highest BCUT2D eigenvalue weighted by Crippen LogP contribution is 2.24. The summed E-state index contributed by atoms with van der Waals surface area (Å²) >= 11 is 0. The SMILES string of the molecule is Cc1nc(-c2ccc(C)c(NC(=O)c3cnn4cc(C#N)ccc34)c2)no1. The monoisotopic (exact) mass is 358 g/mol. The molecule has 0 saturated heterocycles. The molecule has 3 aromatic heterocycles. The Hall–Kier alpha value is -3.99. The maximum Gasteiger partial charge on any atom is 0.259 e. The fourth-order valence-corrected chi connectivity index (χ4v) is 2.73. The summed E-state index contributed by atoms with van der Waals surface area (Å²) in [5.41, 5.74) is 3.79. The Labute approximate surface area is 154 Å². The Morgan fingerprint density at radius 3 is 2.85 bits per heavy atom. The summed E-state index contributed by atoms with van der Waals surface area (Å²) in [7, 11) is 0. The number of fused-ring (bicyclic) bond motifs is 1. The van der Waals surface area contributed by atoms with Crippen molar-refractivity contribution in [3.63, 3.8) is 0 Å². The lowest BCUT2D eigenvalue weighted by Gasteiger charge is -2.09. The van der Waals surface area contributed by atoms with Crippen LogP contribution in [-0.2, 0) is 0 Å². The van der Waals surface area contributed by atoms with Gasteiger partial charge in [-0.3, -0.25) is 4.79 Å². The highest BCUT2D eigenvalue weighted by Gasteiger charge is 2.15. The Kier molecular flexibility index (Phi) is 3.90. The second-order valence-electron chi connectivity index (χ2n) is 6.04. The second-order valence-corrected chi connectivity index (χ2v) is 6.04. The van der Waals surface area contributed by atoms with Crippen LogP contribution in [0.3, 0.4) is 0 Å². The summed E-state index contributed by atoms with van der Waals surface area (Å²) < 4.78 is 6.53. The van der Waals surface area contributed by atoms with Crippen LogP contribution in [0.1, 0.15) is 27.4 Å². The lowest BCUT2D eigenvalue weighted by Crippen LogP contribution is -2.12. The molecular formula is C19H14N6O2. The van der Waals surface area contributed by atoms with Crippen LogP contribution in [0.2, 0.25) is 0 Å². The van der Waals surface area contributed by atoms with Crippen LogP contribution in [0, 0.1) is 25.2 Å². The fraction of sp³-hybridized carbons (Fsp3) is 0.105. The van der Waals surface area contributed by atoms with Crippen LogP contribution in [0.4, 0.5) is 5.69 Å². The number of aromatic nitrogens is 4. The number of aryl methyl sites for hydroxylation is 2. The van der Waals surface area contributed by atoms with Gasteiger partial charge in [0.05, 0.1) is 22.8 Å². The van der Waals surface area contributed by atoms with Crippen LogP contribution >= 0.6 is 0 Å². The van der Waals surface area contributed by atoms with Crippen molar-refractivity contribution in [3.05, 3.63) is 65.3 Å². The molecule has 0 radical (unpaired) electrons. The Morgan fingerprint density at radius 2 is 2.11 bits per heavy atom. The van der Waals surface area contributed by atoms with E-state index in [2.05, 4.69) is 20.6 Å². The predicted octanol–water partition coefficient (Wildman–Crippen LogP) is 3.13. The lowest BCUT2D eigenvalue weighted by atomic mass is 10.1. The molecule has 1 N–H and O–H groups in total. The summed E-state index contributed by atoms with van der Waals surface area (Å²) in [4.78, 5) is 17.0. The van der Waals surface area contributed by atoms with Gasteiger partial charge in [0, 0.05) is 24.4 Å². The Balaban J connectivity index is 1.66. The summed E-state index contributed by atoms with van der Waals surface area (Å²) in [5, 5.41) is 19.9. The molecule has 0 fully saturated rings. The maximum atomic E-state index is 12.8. The molecule has 8 heteroatoms. The number of hydrogen-bond donors (Lipinski definition) is 1. The van der Waals surface area contributed by atoms with E-state index in [1.54, 1.807) is 31.3 Å². The van der Waals surface area contributed by atoms with E-state index in [0.717, 1.165) is 11.1 Å². The topological polar surface area (TPSA) is 109 Å². The third kappa shape index (κ3) is 3.02. The third-order valence-corrected chi connectivity index (χ3v) is 4.16. The van der Waals surface area contributed by atoms with Gasteiger partial charge in [-0.1, -0.05) is 17.3 Å². The molecule has 0 bridgehead atoms. The summed E-state index contributed by atoms with van der Waals surface area (Å²) in [6.07, 6.45) is 3.06. The van der Waals surface area contributed by atoms with Crippen molar-refractivity contribution in [2.45, 2.75) is 13.8 Å². The summed E-state index contributed by atoms with van der Waals surface area (Å²) in [5.74, 6) is 0.640. The second kappa shape index (κ2) is 6.38. The molecule has 0 aliphatic heterocycles. The fourth-order valence-electron chi connectivity index (χ4n) is 2.73. The minimum absolute atomic E-state index is 0.292. The highest BCUT2D eigenvalue weighted by molar-refractivity contribution is 6.09. The van der Waals surface area contributed by atoms with Crippen molar-refractivity contribution in [2.24, 2.45) is 0 Å². The zero-order valence-corrected chi connectivity index (χ0v) is 14.6. The van der Waals surface area contributed by atoms with Gasteiger partial charge in [-0.05, 0) is 30.7 Å². The molecular weight excluding hydrogens is 344 g/mol. The first kappa shape index (κ1) is 16.5. The third-order valence-electron chi connectivity index (χ3n) is 4.16. The zero-order chi connectivity index (χ0) is 19.0. The minimum Gasteiger partial charge on any atom is -0.339 e. The van der Waals surface area contributed by atoms with Gasteiger partial charge in [-0.25, -0.2) is 4.52 Å². The molecule has 132 valence electrons. The molecule has 27 heavy (non-hydrogen) atoms. The standard InChI is InChI=1S/C19H14N6O2/c1-11-3-5-14(18-22-12(2)27-24-18)7-16(11)23-19(26)15-9-21-25-10-13(8-20)4-6-17(15)25/h3-7,9-10H,1-2H3,(H,23,26). The van der Waals surface area contributed by atoms with Crippen LogP contribution in [-0.4, -0.2) is 25.7 Å². The molecule has 0 atom stereocenters. The normalized spacial score (nSPS) is 10.7. The van der Waals surface area contributed by atoms with E-state index in [1.165, 1.54) is 10.7 Å². The Morgan fingerprint density at radius 1 is 1.26 bits per heavy atom. The van der Waals surface area contributed by atoms with E-state index in [4.69, 9.17) is 9.78 Å². The predicted molar refractivity (Wildman–Crippen MR) is 97.1 cm³/mol. The van der Waals surface area contributed by atoms with E-state index in [-0.39, 0.29) is 5.91 Å². The van der Waals surface area contributed by atoms with Crippen LogP contribution in [0.5, 0.6) is 0 Å². The molecule has 3 heterocycles. The van der Waals surface area contributed by atoms with Gasteiger partial charge in [-0.15, -0.1) is 0 Å². The number of benzene rings is 1. The van der Waals surface area contributed by atoms with Gasteiger partial charge in [0.1, 0.15) is 6.07 Å². The van der Waals surface area contributed by atoms with Crippen molar-refractivity contribution in [1.82, 2.24) is 19.8 Å². The van der Waals surface area contributed by atoms with Crippen molar-refractivity contribution in [3.8, 4) is 17.5 Å². The number of nitriles is 1. The molecule has 8 nitrogen and oxygen atoms in total. The number of nitrogens with zero attached hydrogens (tertiary/aromatic N) is 5. The highest BCUT2D eigenvalue weighted by atomic mass is 16.5. The van der Waals surface area contributed by atoms with Crippen molar-refractivity contribution in [2.75, 3.05) is 5.32 Å². The number of carbonyl (C=O) groups is 1. The number of nitrogens with one attached hydrogen (secondary N) is 1. The largest absolute Gasteiger partial charge is 0.339 e. The van der Waals surface area contributed by atoms with E-state index in [9.17, 15) is 4.79 Å². The quantitative estimate of drug-likeness (QED) is 0.602. The summed E-state index contributed by atoms with van der Waals surface area (Å²) in [6.45, 7) is 3.62. The smallest absolute Gasteiger partial charge is 0.259 e. The first-order chi connectivity index (χ1) is 13.0. The maximum absolute atomic E-state index is 12.8. The number of hydrogen-bond acceptors (Lipinski definition) is 6. The Bertz CT molecular complexity index is 1210. The van der Waals surface area contributed by atoms with Crippen molar-refractivity contribution < 1.29 is 9.32 Å². The number of carbonyl (C=O) groups excluding carboxylic acids is 1. The molecule has 4 aromatic rings. The molecule has 0 saturated carbocycles. The van der Waals surface area contributed by atoms with E-state index in [1.807, 2.05) is 25.1 Å². The molecule has 1 aromatic carbocycles. The molecule has 0 unspecified atom stereocenters. The number of rotatable bonds is 3. The summed E-state index contributed by atoms with van der Waals surface area (Å²) in [6, 6.07) is 11.0. The molecule has 0 aliphatic rings. The van der Waals surface area contributed by atoms with E-state index in [0.29, 0.717) is 34.0 Å². The number of amides is 1. The average molecular weight is 358 g/mol. The van der Waals surface area contributed by atoms with Gasteiger partial charge < -0.3 is 9.84 Å². The van der Waals surface area contributed by atoms with Gasteiger partial charge in [0.25, 0.3) is 5.91 Å². The zero-order valence-electron chi connectivity index (χ0n) is 14.6. The average Bonchev–Trinajstić information content (AvgIpc) is 3.29. The molecule has 0 spiro atoms. The first-order valence-corrected chi connectivity index (χ1v) is 8.15. The number of pyridine rings is 1. The van der Waals surface area contributed by atoms with Crippen LogP contribution in [0.15, 0.2) is 47.2 Å². The first-order valence-electron chi connectivity index (χ1n) is 8.15. The lowest BCUT2D eigenvalue weighted by molar-refractivity contribution is 0.102. The molecule has 1 amide bonds. The van der Waals surface area contributed by atoms with Gasteiger partial charge in [0.2, 0.25) is 11.7 Å². The minimum atomic E-state index is -0.292. The van der Waals surface area contributed by atoms with Gasteiger partial charge in [-0.2, -0.15) is 15.3 Å². The number of anilines is 1. The van der Waals surface area contributed by atoms with Crippen LogP contribution < -0.4 is 5.32 Å². The molecule has 0 aliphatic carbocycles. The van der Waals surface area contributed by atoms with Crippen LogP contribution in [0.25, 0.3) is 16.9 Å². The van der Waals surface area contributed by atoms with Gasteiger partial charge in [0.15, 0.2) is 0 Å². The molecule has 4 rings (SSSR count). The van der Waals surface area contributed by atoms with Crippen molar-refractivity contribution in [1.29, 1.82) is 5.26 Å². The van der Waals surface area contributed by atoms with E-state index >= 15 is 0 Å².